The standard InChI is InChI=1S/C8H6ClN3O2/c9-4-6(13)11-7-5-2-1-3-10-8(5)14-12-7/h1-3H,4H2,(H,11,12,13). The van der Waals surface area contributed by atoms with Crippen molar-refractivity contribution in [2.24, 2.45) is 0 Å². The minimum Gasteiger partial charge on any atom is -0.334 e. The first-order valence-electron chi connectivity index (χ1n) is 3.87. The number of carbonyl (C=O) groups excluding carboxylic acids is 1. The van der Waals surface area contributed by atoms with Gasteiger partial charge < -0.3 is 9.84 Å². The zero-order valence-corrected chi connectivity index (χ0v) is 7.78. The Morgan fingerprint density at radius 1 is 1.64 bits per heavy atom. The lowest BCUT2D eigenvalue weighted by Gasteiger charge is -1.95. The Hall–Kier alpha value is -1.62. The molecule has 0 saturated carbocycles. The highest BCUT2D eigenvalue weighted by Crippen LogP contribution is 2.19. The van der Waals surface area contributed by atoms with Gasteiger partial charge in [0.2, 0.25) is 5.91 Å². The molecular formula is C8H6ClN3O2. The van der Waals surface area contributed by atoms with Gasteiger partial charge in [0.25, 0.3) is 5.71 Å². The quantitative estimate of drug-likeness (QED) is 0.763. The van der Waals surface area contributed by atoms with Gasteiger partial charge in [-0.1, -0.05) is 5.16 Å². The van der Waals surface area contributed by atoms with Crippen molar-refractivity contribution in [3.63, 3.8) is 0 Å². The van der Waals surface area contributed by atoms with Crippen molar-refractivity contribution in [1.29, 1.82) is 0 Å². The number of carbonyl (C=O) groups is 1. The normalized spacial score (nSPS) is 10.4. The fraction of sp³-hybridized carbons (Fsp3) is 0.125. The molecule has 5 nitrogen and oxygen atoms in total. The zero-order chi connectivity index (χ0) is 9.97. The molecule has 6 heteroatoms. The van der Waals surface area contributed by atoms with Crippen LogP contribution in [0.5, 0.6) is 0 Å². The van der Waals surface area contributed by atoms with Crippen LogP contribution in [0.4, 0.5) is 5.82 Å². The molecule has 0 aliphatic rings. The number of fused-ring (bicyclic) bond motifs is 1. The smallest absolute Gasteiger partial charge is 0.259 e. The summed E-state index contributed by atoms with van der Waals surface area (Å²) < 4.78 is 4.88. The van der Waals surface area contributed by atoms with Crippen LogP contribution in [0, 0.1) is 0 Å². The van der Waals surface area contributed by atoms with E-state index in [0.29, 0.717) is 16.9 Å². The van der Waals surface area contributed by atoms with Gasteiger partial charge in [-0.05, 0) is 12.1 Å². The lowest BCUT2D eigenvalue weighted by Crippen LogP contribution is -2.12. The molecule has 2 aromatic rings. The summed E-state index contributed by atoms with van der Waals surface area (Å²) in [4.78, 5) is 14.9. The number of pyridine rings is 1. The van der Waals surface area contributed by atoms with Gasteiger partial charge >= 0.3 is 0 Å². The molecule has 0 unspecified atom stereocenters. The number of halogens is 1. The third-order valence-corrected chi connectivity index (χ3v) is 1.87. The van der Waals surface area contributed by atoms with Crippen LogP contribution in [0.15, 0.2) is 22.9 Å². The summed E-state index contributed by atoms with van der Waals surface area (Å²) in [5.41, 5.74) is 0.386. The fourth-order valence-corrected chi connectivity index (χ4v) is 1.10. The number of aromatic nitrogens is 2. The molecule has 1 N–H and O–H groups in total. The Labute approximate surface area is 84.0 Å². The first-order valence-corrected chi connectivity index (χ1v) is 4.41. The number of hydrogen-bond acceptors (Lipinski definition) is 4. The summed E-state index contributed by atoms with van der Waals surface area (Å²) in [5, 5.41) is 6.81. The van der Waals surface area contributed by atoms with Gasteiger partial charge in [0.05, 0.1) is 5.39 Å². The van der Waals surface area contributed by atoms with E-state index in [9.17, 15) is 4.79 Å². The van der Waals surface area contributed by atoms with Gasteiger partial charge in [0.15, 0.2) is 5.82 Å². The molecule has 0 bridgehead atoms. The molecule has 1 amide bonds. The first-order chi connectivity index (χ1) is 6.81. The number of anilines is 1. The molecule has 0 atom stereocenters. The third-order valence-electron chi connectivity index (χ3n) is 1.63. The predicted octanol–water partition coefficient (Wildman–Crippen LogP) is 1.40. The zero-order valence-electron chi connectivity index (χ0n) is 7.03. The molecule has 0 aromatic carbocycles. The Balaban J connectivity index is 2.38. The van der Waals surface area contributed by atoms with E-state index < -0.39 is 0 Å². The van der Waals surface area contributed by atoms with Crippen molar-refractivity contribution in [3.05, 3.63) is 18.3 Å². The van der Waals surface area contributed by atoms with Crippen LogP contribution >= 0.6 is 11.6 Å². The van der Waals surface area contributed by atoms with E-state index in [1.165, 1.54) is 0 Å². The first kappa shape index (κ1) is 8.96. The molecule has 2 rings (SSSR count). The van der Waals surface area contributed by atoms with E-state index in [1.54, 1.807) is 18.3 Å². The maximum atomic E-state index is 11.0. The Morgan fingerprint density at radius 3 is 3.29 bits per heavy atom. The molecule has 2 heterocycles. The van der Waals surface area contributed by atoms with Crippen LogP contribution in [0.25, 0.3) is 11.1 Å². The van der Waals surface area contributed by atoms with E-state index in [0.717, 1.165) is 0 Å². The summed E-state index contributed by atoms with van der Waals surface area (Å²) in [5.74, 6) is -0.0984. The molecule has 2 aromatic heterocycles. The molecule has 0 aliphatic heterocycles. The van der Waals surface area contributed by atoms with Gasteiger partial charge in [-0.15, -0.1) is 11.6 Å². The summed E-state index contributed by atoms with van der Waals surface area (Å²) in [6, 6.07) is 3.48. The van der Waals surface area contributed by atoms with Gasteiger partial charge in [0, 0.05) is 6.20 Å². The van der Waals surface area contributed by atoms with Crippen LogP contribution in [-0.4, -0.2) is 21.9 Å². The van der Waals surface area contributed by atoms with Gasteiger partial charge in [-0.25, -0.2) is 4.98 Å². The highest BCUT2D eigenvalue weighted by Gasteiger charge is 2.10. The monoisotopic (exact) mass is 211 g/mol. The SMILES string of the molecule is O=C(CCl)Nc1noc2ncccc12. The molecule has 14 heavy (non-hydrogen) atoms. The van der Waals surface area contributed by atoms with Gasteiger partial charge in [-0.2, -0.15) is 0 Å². The lowest BCUT2D eigenvalue weighted by molar-refractivity contribution is -0.113. The molecular weight excluding hydrogens is 206 g/mol. The molecule has 0 aliphatic carbocycles. The van der Waals surface area contributed by atoms with E-state index in [1.807, 2.05) is 0 Å². The van der Waals surface area contributed by atoms with Crippen molar-refractivity contribution in [3.8, 4) is 0 Å². The third kappa shape index (κ3) is 1.54. The largest absolute Gasteiger partial charge is 0.334 e. The second kappa shape index (κ2) is 3.63. The summed E-state index contributed by atoms with van der Waals surface area (Å²) >= 11 is 5.33. The molecule has 0 radical (unpaired) electrons. The van der Waals surface area contributed by atoms with Gasteiger partial charge in [-0.3, -0.25) is 4.79 Å². The molecule has 0 spiro atoms. The maximum Gasteiger partial charge on any atom is 0.259 e. The van der Waals surface area contributed by atoms with Crippen molar-refractivity contribution >= 4 is 34.4 Å². The second-order valence-electron chi connectivity index (χ2n) is 2.57. The number of hydrogen-bond donors (Lipinski definition) is 1. The number of nitrogens with zero attached hydrogens (tertiary/aromatic N) is 2. The van der Waals surface area contributed by atoms with Crippen molar-refractivity contribution < 1.29 is 9.32 Å². The Kier molecular flexibility index (Phi) is 2.32. The average Bonchev–Trinajstić information content (AvgIpc) is 2.62. The van der Waals surface area contributed by atoms with Crippen LogP contribution < -0.4 is 5.32 Å². The number of alkyl halides is 1. The number of nitrogens with one attached hydrogen (secondary N) is 1. The predicted molar refractivity (Wildman–Crippen MR) is 51.2 cm³/mol. The highest BCUT2D eigenvalue weighted by molar-refractivity contribution is 6.29. The lowest BCUT2D eigenvalue weighted by atomic mass is 10.3. The second-order valence-corrected chi connectivity index (χ2v) is 2.84. The van der Waals surface area contributed by atoms with Crippen LogP contribution in [0.2, 0.25) is 0 Å². The minimum absolute atomic E-state index is 0.116. The minimum atomic E-state index is -0.328. The fourth-order valence-electron chi connectivity index (χ4n) is 1.04. The van der Waals surface area contributed by atoms with Crippen molar-refractivity contribution in [2.75, 3.05) is 11.2 Å². The van der Waals surface area contributed by atoms with E-state index in [4.69, 9.17) is 16.1 Å². The van der Waals surface area contributed by atoms with E-state index in [-0.39, 0.29) is 11.8 Å². The maximum absolute atomic E-state index is 11.0. The molecule has 0 fully saturated rings. The molecule has 72 valence electrons. The van der Waals surface area contributed by atoms with Crippen LogP contribution in [-0.2, 0) is 4.79 Å². The van der Waals surface area contributed by atoms with E-state index >= 15 is 0 Å². The van der Waals surface area contributed by atoms with Crippen LogP contribution in [0.1, 0.15) is 0 Å². The van der Waals surface area contributed by atoms with Crippen molar-refractivity contribution in [2.45, 2.75) is 0 Å². The number of amides is 1. The summed E-state index contributed by atoms with van der Waals surface area (Å²) in [6.07, 6.45) is 1.58. The Morgan fingerprint density at radius 2 is 2.50 bits per heavy atom. The summed E-state index contributed by atoms with van der Waals surface area (Å²) in [7, 11) is 0. The van der Waals surface area contributed by atoms with Crippen LogP contribution in [0.3, 0.4) is 0 Å². The molecule has 0 saturated heterocycles. The van der Waals surface area contributed by atoms with Gasteiger partial charge in [0.1, 0.15) is 5.88 Å². The van der Waals surface area contributed by atoms with E-state index in [2.05, 4.69) is 15.5 Å². The highest BCUT2D eigenvalue weighted by atomic mass is 35.5. The Bertz CT molecular complexity index is 468. The summed E-state index contributed by atoms with van der Waals surface area (Å²) in [6.45, 7) is 0. The van der Waals surface area contributed by atoms with Crippen molar-refractivity contribution in [1.82, 2.24) is 10.1 Å². The topological polar surface area (TPSA) is 68.0 Å². The number of rotatable bonds is 2. The average molecular weight is 212 g/mol.